The van der Waals surface area contributed by atoms with Crippen molar-refractivity contribution in [3.8, 4) is 0 Å². The first-order chi connectivity index (χ1) is 13.5. The highest BCUT2D eigenvalue weighted by atomic mass is 32.2. The molecule has 3 rings (SSSR count). The molecule has 0 aliphatic heterocycles. The predicted molar refractivity (Wildman–Crippen MR) is 119 cm³/mol. The molecule has 0 aliphatic rings. The van der Waals surface area contributed by atoms with E-state index in [9.17, 15) is 9.59 Å². The van der Waals surface area contributed by atoms with Crippen molar-refractivity contribution in [1.29, 1.82) is 0 Å². The molecule has 1 atom stereocenters. The lowest BCUT2D eigenvalue weighted by molar-refractivity contribution is -0.113. The molecule has 28 heavy (non-hydrogen) atoms. The Balaban J connectivity index is 1.85. The van der Waals surface area contributed by atoms with E-state index in [4.69, 9.17) is 0 Å². The molecule has 0 saturated carbocycles. The third kappa shape index (κ3) is 4.42. The molecule has 5 nitrogen and oxygen atoms in total. The van der Waals surface area contributed by atoms with Crippen LogP contribution in [0.3, 0.4) is 0 Å². The van der Waals surface area contributed by atoms with Crippen LogP contribution >= 0.6 is 23.5 Å². The number of hydrogen-bond donors (Lipinski definition) is 1. The Kier molecular flexibility index (Phi) is 6.80. The fraction of sp³-hybridized carbons (Fsp3) is 0.286. The van der Waals surface area contributed by atoms with E-state index in [2.05, 4.69) is 10.3 Å². The summed E-state index contributed by atoms with van der Waals surface area (Å²) in [4.78, 5) is 31.1. The van der Waals surface area contributed by atoms with Crippen LogP contribution in [0.5, 0.6) is 0 Å². The molecule has 2 aromatic carbocycles. The summed E-state index contributed by atoms with van der Waals surface area (Å²) in [7, 11) is 0. The van der Waals surface area contributed by atoms with Gasteiger partial charge in [0.25, 0.3) is 5.56 Å². The van der Waals surface area contributed by atoms with Crippen LogP contribution in [-0.4, -0.2) is 27.5 Å². The Morgan fingerprint density at radius 3 is 2.64 bits per heavy atom. The molecule has 3 aromatic rings. The molecular weight excluding hydrogens is 390 g/mol. The molecule has 0 fully saturated rings. The summed E-state index contributed by atoms with van der Waals surface area (Å²) < 4.78 is 1.70. The quantitative estimate of drug-likeness (QED) is 0.444. The number of benzene rings is 2. The van der Waals surface area contributed by atoms with Crippen LogP contribution in [0.1, 0.15) is 26.3 Å². The van der Waals surface area contributed by atoms with Gasteiger partial charge in [0.1, 0.15) is 0 Å². The third-order valence-electron chi connectivity index (χ3n) is 4.52. The van der Waals surface area contributed by atoms with E-state index in [1.165, 1.54) is 11.8 Å². The number of hydrogen-bond acceptors (Lipinski definition) is 5. The summed E-state index contributed by atoms with van der Waals surface area (Å²) in [5.74, 6) is 0.0637. The van der Waals surface area contributed by atoms with Gasteiger partial charge in [0.05, 0.1) is 22.3 Å². The van der Waals surface area contributed by atoms with Crippen LogP contribution in [0.15, 0.2) is 63.4 Å². The number of amides is 1. The first kappa shape index (κ1) is 20.5. The Hall–Kier alpha value is -2.25. The summed E-state index contributed by atoms with van der Waals surface area (Å²) in [6.07, 6.45) is 2.78. The summed E-state index contributed by atoms with van der Waals surface area (Å²) in [6, 6.07) is 15.0. The van der Waals surface area contributed by atoms with Gasteiger partial charge < -0.3 is 5.32 Å². The minimum Gasteiger partial charge on any atom is -0.324 e. The number of nitrogens with one attached hydrogen (secondary N) is 1. The molecule has 0 spiro atoms. The molecule has 0 saturated heterocycles. The lowest BCUT2D eigenvalue weighted by Crippen LogP contribution is -2.26. The van der Waals surface area contributed by atoms with Crippen molar-refractivity contribution in [2.45, 2.75) is 36.4 Å². The number of aromatic nitrogens is 2. The number of anilines is 1. The van der Waals surface area contributed by atoms with E-state index in [-0.39, 0.29) is 23.3 Å². The second-order valence-electron chi connectivity index (χ2n) is 6.38. The molecule has 1 aromatic heterocycles. The van der Waals surface area contributed by atoms with Crippen LogP contribution in [0, 0.1) is 0 Å². The van der Waals surface area contributed by atoms with Gasteiger partial charge in [0, 0.05) is 10.9 Å². The molecule has 1 N–H and O–H groups in total. The number of carbonyl (C=O) groups is 1. The average Bonchev–Trinajstić information content (AvgIpc) is 2.72. The Labute approximate surface area is 172 Å². The summed E-state index contributed by atoms with van der Waals surface area (Å²) in [6.45, 7) is 4.03. The SMILES string of the molecule is CCC(C)n1c(SCC(=O)Nc2ccccc2SC)nc2ccccc2c1=O. The average molecular weight is 414 g/mol. The van der Waals surface area contributed by atoms with E-state index in [0.717, 1.165) is 17.0 Å². The van der Waals surface area contributed by atoms with Crippen LogP contribution in [0.4, 0.5) is 5.69 Å². The molecular formula is C21H23N3O2S2. The molecule has 0 bridgehead atoms. The van der Waals surface area contributed by atoms with Crippen molar-refractivity contribution in [3.05, 3.63) is 58.9 Å². The van der Waals surface area contributed by atoms with Gasteiger partial charge >= 0.3 is 0 Å². The third-order valence-corrected chi connectivity index (χ3v) is 6.27. The van der Waals surface area contributed by atoms with Gasteiger partial charge in [0.15, 0.2) is 5.16 Å². The lowest BCUT2D eigenvalue weighted by Gasteiger charge is -2.18. The zero-order valence-corrected chi connectivity index (χ0v) is 17.8. The van der Waals surface area contributed by atoms with Crippen molar-refractivity contribution in [3.63, 3.8) is 0 Å². The second kappa shape index (κ2) is 9.30. The Morgan fingerprint density at radius 1 is 1.18 bits per heavy atom. The van der Waals surface area contributed by atoms with E-state index in [1.54, 1.807) is 22.4 Å². The second-order valence-corrected chi connectivity index (χ2v) is 8.17. The summed E-state index contributed by atoms with van der Waals surface area (Å²) in [5.41, 5.74) is 1.39. The minimum atomic E-state index is -0.121. The normalized spacial score (nSPS) is 12.1. The van der Waals surface area contributed by atoms with Crippen LogP contribution in [0.2, 0.25) is 0 Å². The largest absolute Gasteiger partial charge is 0.324 e. The van der Waals surface area contributed by atoms with Gasteiger partial charge in [-0.1, -0.05) is 43.0 Å². The zero-order chi connectivity index (χ0) is 20.1. The van der Waals surface area contributed by atoms with Crippen molar-refractivity contribution in [1.82, 2.24) is 9.55 Å². The van der Waals surface area contributed by atoms with Crippen LogP contribution in [-0.2, 0) is 4.79 Å². The molecule has 1 heterocycles. The maximum Gasteiger partial charge on any atom is 0.262 e. The van der Waals surface area contributed by atoms with Gasteiger partial charge in [0.2, 0.25) is 5.91 Å². The molecule has 1 unspecified atom stereocenters. The summed E-state index contributed by atoms with van der Waals surface area (Å²) in [5, 5.41) is 4.13. The standard InChI is InChI=1S/C21H23N3O2S2/c1-4-14(2)24-20(26)15-9-5-6-10-16(15)23-21(24)28-13-19(25)22-17-11-7-8-12-18(17)27-3/h5-12,14H,4,13H2,1-3H3,(H,22,25). The minimum absolute atomic E-state index is 0.00684. The van der Waals surface area contributed by atoms with Gasteiger partial charge in [-0.25, -0.2) is 4.98 Å². The highest BCUT2D eigenvalue weighted by Crippen LogP contribution is 2.26. The number of para-hydroxylation sites is 2. The smallest absolute Gasteiger partial charge is 0.262 e. The topological polar surface area (TPSA) is 64.0 Å². The van der Waals surface area contributed by atoms with Crippen molar-refractivity contribution in [2.24, 2.45) is 0 Å². The van der Waals surface area contributed by atoms with Crippen LogP contribution in [0.25, 0.3) is 10.9 Å². The highest BCUT2D eigenvalue weighted by Gasteiger charge is 2.17. The van der Waals surface area contributed by atoms with E-state index in [1.807, 2.05) is 62.6 Å². The molecule has 0 radical (unpaired) electrons. The van der Waals surface area contributed by atoms with Gasteiger partial charge in [-0.15, -0.1) is 11.8 Å². The van der Waals surface area contributed by atoms with E-state index < -0.39 is 0 Å². The lowest BCUT2D eigenvalue weighted by atomic mass is 10.2. The van der Waals surface area contributed by atoms with E-state index in [0.29, 0.717) is 16.1 Å². The molecule has 0 aliphatic carbocycles. The van der Waals surface area contributed by atoms with Gasteiger partial charge in [-0.3, -0.25) is 14.2 Å². The van der Waals surface area contributed by atoms with Crippen molar-refractivity contribution >= 4 is 46.0 Å². The number of nitrogens with zero attached hydrogens (tertiary/aromatic N) is 2. The fourth-order valence-corrected chi connectivity index (χ4v) is 4.31. The van der Waals surface area contributed by atoms with Crippen LogP contribution < -0.4 is 10.9 Å². The van der Waals surface area contributed by atoms with Gasteiger partial charge in [-0.2, -0.15) is 0 Å². The highest BCUT2D eigenvalue weighted by molar-refractivity contribution is 7.99. The summed E-state index contributed by atoms with van der Waals surface area (Å²) >= 11 is 2.88. The maximum atomic E-state index is 13.0. The van der Waals surface area contributed by atoms with Crippen molar-refractivity contribution < 1.29 is 4.79 Å². The number of rotatable bonds is 7. The molecule has 146 valence electrons. The first-order valence-corrected chi connectivity index (χ1v) is 11.3. The number of carbonyl (C=O) groups excluding carboxylic acids is 1. The monoisotopic (exact) mass is 413 g/mol. The van der Waals surface area contributed by atoms with E-state index >= 15 is 0 Å². The fourth-order valence-electron chi connectivity index (χ4n) is 2.86. The maximum absolute atomic E-state index is 13.0. The first-order valence-electron chi connectivity index (χ1n) is 9.12. The van der Waals surface area contributed by atoms with Gasteiger partial charge in [-0.05, 0) is 43.9 Å². The zero-order valence-electron chi connectivity index (χ0n) is 16.1. The Bertz CT molecular complexity index is 1050. The van der Waals surface area contributed by atoms with Crippen molar-refractivity contribution in [2.75, 3.05) is 17.3 Å². The molecule has 1 amide bonds. The number of fused-ring (bicyclic) bond motifs is 1. The predicted octanol–water partition coefficient (Wildman–Crippen LogP) is 4.82. The molecule has 7 heteroatoms. The Morgan fingerprint density at radius 2 is 1.89 bits per heavy atom. The number of thioether (sulfide) groups is 2.